The van der Waals surface area contributed by atoms with Crippen molar-refractivity contribution in [2.45, 2.75) is 6.10 Å². The zero-order valence-corrected chi connectivity index (χ0v) is 9.21. The van der Waals surface area contributed by atoms with E-state index in [9.17, 15) is 9.50 Å². The van der Waals surface area contributed by atoms with Crippen LogP contribution < -0.4 is 10.5 Å². The van der Waals surface area contributed by atoms with Crippen LogP contribution in [0.4, 0.5) is 4.39 Å². The predicted molar refractivity (Wildman–Crippen MR) is 54.7 cm³/mol. The highest BCUT2D eigenvalue weighted by atomic mass is 79.9. The molecule has 0 aliphatic carbocycles. The molecule has 0 aliphatic rings. The molecule has 0 fully saturated rings. The molecule has 0 bridgehead atoms. The zero-order chi connectivity index (χ0) is 10.7. The summed E-state index contributed by atoms with van der Waals surface area (Å²) in [4.78, 5) is 0. The summed E-state index contributed by atoms with van der Waals surface area (Å²) in [6.07, 6.45) is -1.04. The summed E-state index contributed by atoms with van der Waals surface area (Å²) in [5.41, 5.74) is 5.35. The van der Waals surface area contributed by atoms with E-state index in [0.29, 0.717) is 4.47 Å². The van der Waals surface area contributed by atoms with Crippen LogP contribution in [0.5, 0.6) is 5.75 Å². The van der Waals surface area contributed by atoms with Crippen LogP contribution in [0.1, 0.15) is 11.7 Å². The summed E-state index contributed by atoms with van der Waals surface area (Å²) in [5, 5.41) is 9.45. The summed E-state index contributed by atoms with van der Waals surface area (Å²) in [5.74, 6) is -0.246. The number of aliphatic hydroxyl groups is 1. The van der Waals surface area contributed by atoms with Gasteiger partial charge < -0.3 is 15.6 Å². The van der Waals surface area contributed by atoms with Crippen molar-refractivity contribution in [1.82, 2.24) is 0 Å². The summed E-state index contributed by atoms with van der Waals surface area (Å²) in [7, 11) is 1.41. The first-order valence-electron chi connectivity index (χ1n) is 4.01. The molecule has 1 aromatic rings. The van der Waals surface area contributed by atoms with Crippen molar-refractivity contribution in [3.05, 3.63) is 28.0 Å². The van der Waals surface area contributed by atoms with Gasteiger partial charge in [-0.3, -0.25) is 0 Å². The van der Waals surface area contributed by atoms with Crippen LogP contribution >= 0.6 is 15.9 Å². The number of benzene rings is 1. The maximum atomic E-state index is 13.4. The Morgan fingerprint density at radius 1 is 1.64 bits per heavy atom. The SMILES string of the molecule is COc1cc(Br)cc(F)c1[C@@H](O)CN. The Labute approximate surface area is 89.8 Å². The van der Waals surface area contributed by atoms with E-state index in [0.717, 1.165) is 0 Å². The van der Waals surface area contributed by atoms with Gasteiger partial charge in [-0.15, -0.1) is 0 Å². The van der Waals surface area contributed by atoms with E-state index in [1.54, 1.807) is 6.07 Å². The molecule has 3 N–H and O–H groups in total. The fraction of sp³-hybridized carbons (Fsp3) is 0.333. The number of rotatable bonds is 3. The molecule has 1 aromatic carbocycles. The van der Waals surface area contributed by atoms with Gasteiger partial charge in [-0.25, -0.2) is 4.39 Å². The Balaban J connectivity index is 3.24. The number of aliphatic hydroxyl groups excluding tert-OH is 1. The molecule has 0 saturated heterocycles. The van der Waals surface area contributed by atoms with Crippen molar-refractivity contribution in [2.24, 2.45) is 5.73 Å². The predicted octanol–water partition coefficient (Wildman–Crippen LogP) is 1.59. The number of hydrogen-bond acceptors (Lipinski definition) is 3. The van der Waals surface area contributed by atoms with Gasteiger partial charge in [-0.05, 0) is 12.1 Å². The third kappa shape index (κ3) is 2.23. The number of halogens is 2. The molecule has 1 rings (SSSR count). The Bertz CT molecular complexity index is 333. The van der Waals surface area contributed by atoms with Gasteiger partial charge in [-0.1, -0.05) is 15.9 Å². The van der Waals surface area contributed by atoms with Crippen LogP contribution in [0.25, 0.3) is 0 Å². The minimum Gasteiger partial charge on any atom is -0.496 e. The molecule has 0 aliphatic heterocycles. The quantitative estimate of drug-likeness (QED) is 0.871. The van der Waals surface area contributed by atoms with Crippen molar-refractivity contribution in [2.75, 3.05) is 13.7 Å². The molecule has 3 nitrogen and oxygen atoms in total. The van der Waals surface area contributed by atoms with Crippen LogP contribution in [0.3, 0.4) is 0 Å². The maximum Gasteiger partial charge on any atom is 0.133 e. The van der Waals surface area contributed by atoms with E-state index in [1.807, 2.05) is 0 Å². The molecule has 0 heterocycles. The molecule has 0 radical (unpaired) electrons. The number of nitrogens with two attached hydrogens (primary N) is 1. The molecular weight excluding hydrogens is 253 g/mol. The molecule has 0 saturated carbocycles. The molecule has 0 aromatic heterocycles. The number of ether oxygens (including phenoxy) is 1. The van der Waals surface area contributed by atoms with Crippen molar-refractivity contribution in [3.8, 4) is 5.75 Å². The van der Waals surface area contributed by atoms with E-state index in [2.05, 4.69) is 15.9 Å². The molecule has 0 unspecified atom stereocenters. The van der Waals surface area contributed by atoms with Gasteiger partial charge in [-0.2, -0.15) is 0 Å². The molecule has 0 amide bonds. The average Bonchev–Trinajstić information content (AvgIpc) is 2.15. The first kappa shape index (κ1) is 11.4. The highest BCUT2D eigenvalue weighted by Gasteiger charge is 2.17. The zero-order valence-electron chi connectivity index (χ0n) is 7.63. The molecule has 1 atom stereocenters. The van der Waals surface area contributed by atoms with Gasteiger partial charge in [0, 0.05) is 11.0 Å². The topological polar surface area (TPSA) is 55.5 Å². The summed E-state index contributed by atoms with van der Waals surface area (Å²) < 4.78 is 18.9. The van der Waals surface area contributed by atoms with E-state index < -0.39 is 11.9 Å². The average molecular weight is 264 g/mol. The number of methoxy groups -OCH3 is 1. The Morgan fingerprint density at radius 2 is 2.29 bits per heavy atom. The monoisotopic (exact) mass is 263 g/mol. The van der Waals surface area contributed by atoms with Gasteiger partial charge in [0.05, 0.1) is 18.8 Å². The van der Waals surface area contributed by atoms with Crippen LogP contribution in [-0.4, -0.2) is 18.8 Å². The fourth-order valence-electron chi connectivity index (χ4n) is 1.17. The number of hydrogen-bond donors (Lipinski definition) is 2. The van der Waals surface area contributed by atoms with E-state index in [1.165, 1.54) is 13.2 Å². The van der Waals surface area contributed by atoms with Gasteiger partial charge >= 0.3 is 0 Å². The van der Waals surface area contributed by atoms with Crippen molar-refractivity contribution >= 4 is 15.9 Å². The van der Waals surface area contributed by atoms with Gasteiger partial charge in [0.1, 0.15) is 11.6 Å². The van der Waals surface area contributed by atoms with Gasteiger partial charge in [0.25, 0.3) is 0 Å². The molecule has 0 spiro atoms. The van der Waals surface area contributed by atoms with Crippen LogP contribution in [-0.2, 0) is 0 Å². The third-order valence-corrected chi connectivity index (χ3v) is 2.29. The van der Waals surface area contributed by atoms with Gasteiger partial charge in [0.2, 0.25) is 0 Å². The maximum absolute atomic E-state index is 13.4. The lowest BCUT2D eigenvalue weighted by Gasteiger charge is -2.14. The lowest BCUT2D eigenvalue weighted by atomic mass is 10.1. The summed E-state index contributed by atoms with van der Waals surface area (Å²) in [6.45, 7) is -0.0467. The van der Waals surface area contributed by atoms with Crippen LogP contribution in [0.2, 0.25) is 0 Å². The normalized spacial score (nSPS) is 12.6. The molecular formula is C9H11BrFNO2. The first-order chi connectivity index (χ1) is 6.60. The largest absolute Gasteiger partial charge is 0.496 e. The minimum atomic E-state index is -1.04. The fourth-order valence-corrected chi connectivity index (χ4v) is 1.58. The van der Waals surface area contributed by atoms with Crippen molar-refractivity contribution in [3.63, 3.8) is 0 Å². The van der Waals surface area contributed by atoms with E-state index in [4.69, 9.17) is 10.5 Å². The standard InChI is InChI=1S/C9H11BrFNO2/c1-14-8-3-5(10)2-6(11)9(8)7(13)4-12/h2-3,7,13H,4,12H2,1H3/t7-/m0/s1. The van der Waals surface area contributed by atoms with Gasteiger partial charge in [0.15, 0.2) is 0 Å². The Morgan fingerprint density at radius 3 is 2.79 bits per heavy atom. The lowest BCUT2D eigenvalue weighted by Crippen LogP contribution is -2.14. The van der Waals surface area contributed by atoms with Crippen molar-refractivity contribution in [1.29, 1.82) is 0 Å². The summed E-state index contributed by atoms with van der Waals surface area (Å²) in [6, 6.07) is 2.84. The molecule has 78 valence electrons. The highest BCUT2D eigenvalue weighted by Crippen LogP contribution is 2.30. The minimum absolute atomic E-state index is 0.0467. The van der Waals surface area contributed by atoms with Crippen molar-refractivity contribution < 1.29 is 14.2 Å². The Hall–Kier alpha value is -0.650. The third-order valence-electron chi connectivity index (χ3n) is 1.83. The summed E-state index contributed by atoms with van der Waals surface area (Å²) >= 11 is 3.13. The molecule has 14 heavy (non-hydrogen) atoms. The van der Waals surface area contributed by atoms with Crippen LogP contribution in [0.15, 0.2) is 16.6 Å². The Kier molecular flexibility index (Phi) is 3.86. The highest BCUT2D eigenvalue weighted by molar-refractivity contribution is 9.10. The van der Waals surface area contributed by atoms with E-state index >= 15 is 0 Å². The first-order valence-corrected chi connectivity index (χ1v) is 4.80. The smallest absolute Gasteiger partial charge is 0.133 e. The van der Waals surface area contributed by atoms with E-state index in [-0.39, 0.29) is 17.9 Å². The molecule has 5 heteroatoms. The van der Waals surface area contributed by atoms with Crippen LogP contribution in [0, 0.1) is 5.82 Å². The lowest BCUT2D eigenvalue weighted by molar-refractivity contribution is 0.177. The second-order valence-electron chi connectivity index (χ2n) is 2.76. The second kappa shape index (κ2) is 4.72. The second-order valence-corrected chi connectivity index (χ2v) is 3.67.